The molecule has 1 N–H and O–H groups in total. The number of carbonyl (C=O) groups is 2. The van der Waals surface area contributed by atoms with Crippen molar-refractivity contribution in [2.24, 2.45) is 0 Å². The topological polar surface area (TPSA) is 86.8 Å². The van der Waals surface area contributed by atoms with Crippen LogP contribution in [0.5, 0.6) is 0 Å². The van der Waals surface area contributed by atoms with E-state index in [9.17, 15) is 18.0 Å². The largest absolute Gasteiger partial charge is 0.352 e. The summed E-state index contributed by atoms with van der Waals surface area (Å²) in [4.78, 5) is 28.9. The second kappa shape index (κ2) is 14.8. The van der Waals surface area contributed by atoms with Crippen molar-refractivity contribution in [3.63, 3.8) is 0 Å². The number of benzene rings is 3. The average Bonchev–Trinajstić information content (AvgIpc) is 2.94. The molecule has 0 aliphatic heterocycles. The van der Waals surface area contributed by atoms with E-state index in [0.717, 1.165) is 9.87 Å². The highest BCUT2D eigenvalue weighted by molar-refractivity contribution is 7.92. The summed E-state index contributed by atoms with van der Waals surface area (Å²) in [6.45, 7) is 6.65. The van der Waals surface area contributed by atoms with Crippen LogP contribution >= 0.6 is 46.4 Å². The van der Waals surface area contributed by atoms with Crippen molar-refractivity contribution in [1.82, 2.24) is 10.2 Å². The maximum atomic E-state index is 14.2. The molecular weight excluding hydrogens is 640 g/mol. The second-order valence-electron chi connectivity index (χ2n) is 9.89. The lowest BCUT2D eigenvalue weighted by Crippen LogP contribution is -2.53. The van der Waals surface area contributed by atoms with Crippen LogP contribution in [0.25, 0.3) is 0 Å². The summed E-state index contributed by atoms with van der Waals surface area (Å²) in [7, 11) is -4.26. The first-order valence-corrected chi connectivity index (χ1v) is 16.3. The van der Waals surface area contributed by atoms with Gasteiger partial charge in [0.1, 0.15) is 12.6 Å². The van der Waals surface area contributed by atoms with Crippen molar-refractivity contribution in [3.05, 3.63) is 91.9 Å². The highest BCUT2D eigenvalue weighted by Gasteiger charge is 2.34. The molecule has 0 aliphatic rings. The van der Waals surface area contributed by atoms with Gasteiger partial charge in [-0.25, -0.2) is 8.42 Å². The molecule has 0 spiro atoms. The van der Waals surface area contributed by atoms with E-state index in [1.54, 1.807) is 37.3 Å². The number of rotatable bonds is 12. The van der Waals surface area contributed by atoms with Crippen LogP contribution in [-0.4, -0.2) is 43.8 Å². The number of amides is 2. The van der Waals surface area contributed by atoms with Crippen LogP contribution in [-0.2, 0) is 26.2 Å². The standard InChI is InChI=1S/C30H33Cl4N3O4S/c1-5-20(4)35-30(39)28(6-2)36(17-23-24(31)8-7-9-25(23)32)29(38)18-37(21-12-15-26(33)27(34)16-21)42(40,41)22-13-10-19(3)11-14-22/h7-16,20,28H,5-6,17-18H2,1-4H3,(H,35,39)/t20-,28+/m0/s1. The quantitative estimate of drug-likeness (QED) is 0.216. The number of nitrogens with zero attached hydrogens (tertiary/aromatic N) is 2. The van der Waals surface area contributed by atoms with Crippen LogP contribution in [0.2, 0.25) is 20.1 Å². The number of sulfonamides is 1. The van der Waals surface area contributed by atoms with Crippen LogP contribution in [0.3, 0.4) is 0 Å². The van der Waals surface area contributed by atoms with Crippen molar-refractivity contribution in [2.45, 2.75) is 64.1 Å². The van der Waals surface area contributed by atoms with Gasteiger partial charge in [-0.1, -0.05) is 84.0 Å². The van der Waals surface area contributed by atoms with Crippen LogP contribution in [0, 0.1) is 6.92 Å². The zero-order valence-electron chi connectivity index (χ0n) is 23.7. The summed E-state index contributed by atoms with van der Waals surface area (Å²) in [6.07, 6.45) is 0.944. The lowest BCUT2D eigenvalue weighted by Gasteiger charge is -2.34. The fraction of sp³-hybridized carbons (Fsp3) is 0.333. The highest BCUT2D eigenvalue weighted by Crippen LogP contribution is 2.32. The number of hydrogen-bond acceptors (Lipinski definition) is 4. The molecule has 3 aromatic carbocycles. The van der Waals surface area contributed by atoms with Gasteiger partial charge in [-0.3, -0.25) is 13.9 Å². The zero-order valence-corrected chi connectivity index (χ0v) is 27.5. The van der Waals surface area contributed by atoms with Crippen LogP contribution in [0.1, 0.15) is 44.7 Å². The molecule has 42 heavy (non-hydrogen) atoms. The monoisotopic (exact) mass is 671 g/mol. The summed E-state index contributed by atoms with van der Waals surface area (Å²) in [5, 5.41) is 3.89. The highest BCUT2D eigenvalue weighted by atomic mass is 35.5. The summed E-state index contributed by atoms with van der Waals surface area (Å²) < 4.78 is 28.9. The van der Waals surface area contributed by atoms with Crippen molar-refractivity contribution in [1.29, 1.82) is 0 Å². The molecule has 0 heterocycles. The molecule has 226 valence electrons. The predicted molar refractivity (Wildman–Crippen MR) is 171 cm³/mol. The number of anilines is 1. The van der Waals surface area contributed by atoms with Crippen molar-refractivity contribution in [2.75, 3.05) is 10.8 Å². The van der Waals surface area contributed by atoms with Gasteiger partial charge in [0.2, 0.25) is 11.8 Å². The fourth-order valence-corrected chi connectivity index (χ4v) is 6.44. The zero-order chi connectivity index (χ0) is 31.2. The predicted octanol–water partition coefficient (Wildman–Crippen LogP) is 7.53. The Kier molecular flexibility index (Phi) is 12.0. The molecule has 0 unspecified atom stereocenters. The Labute approximate surface area is 267 Å². The first kappa shape index (κ1) is 34.0. The normalized spacial score (nSPS) is 12.9. The molecule has 0 fully saturated rings. The van der Waals surface area contributed by atoms with E-state index in [-0.39, 0.29) is 45.5 Å². The summed E-state index contributed by atoms with van der Waals surface area (Å²) >= 11 is 25.3. The lowest BCUT2D eigenvalue weighted by molar-refractivity contribution is -0.140. The van der Waals surface area contributed by atoms with Gasteiger partial charge in [0, 0.05) is 28.2 Å². The molecule has 0 radical (unpaired) electrons. The Hall–Kier alpha value is -2.49. The lowest BCUT2D eigenvalue weighted by atomic mass is 10.1. The van der Waals surface area contributed by atoms with Crippen molar-refractivity contribution in [3.8, 4) is 0 Å². The van der Waals surface area contributed by atoms with Gasteiger partial charge in [-0.2, -0.15) is 0 Å². The smallest absolute Gasteiger partial charge is 0.264 e. The van der Waals surface area contributed by atoms with E-state index in [1.807, 2.05) is 20.8 Å². The van der Waals surface area contributed by atoms with E-state index in [0.29, 0.717) is 22.0 Å². The van der Waals surface area contributed by atoms with Gasteiger partial charge in [-0.15, -0.1) is 0 Å². The third kappa shape index (κ3) is 8.11. The van der Waals surface area contributed by atoms with Gasteiger partial charge >= 0.3 is 0 Å². The van der Waals surface area contributed by atoms with E-state index in [4.69, 9.17) is 46.4 Å². The second-order valence-corrected chi connectivity index (χ2v) is 13.4. The molecular formula is C30H33Cl4N3O4S. The fourth-order valence-electron chi connectivity index (χ4n) is 4.22. The third-order valence-corrected chi connectivity index (χ3v) is 10.1. The van der Waals surface area contributed by atoms with Gasteiger partial charge < -0.3 is 10.2 Å². The molecule has 0 saturated heterocycles. The van der Waals surface area contributed by atoms with E-state index in [2.05, 4.69) is 5.32 Å². The van der Waals surface area contributed by atoms with Crippen LogP contribution in [0.15, 0.2) is 65.6 Å². The molecule has 0 aromatic heterocycles. The number of carbonyl (C=O) groups excluding carboxylic acids is 2. The molecule has 0 saturated carbocycles. The molecule has 3 rings (SSSR count). The molecule has 2 atom stereocenters. The van der Waals surface area contributed by atoms with E-state index < -0.39 is 28.5 Å². The molecule has 7 nitrogen and oxygen atoms in total. The van der Waals surface area contributed by atoms with Crippen LogP contribution < -0.4 is 9.62 Å². The number of aryl methyl sites for hydroxylation is 1. The Morgan fingerprint density at radius 1 is 0.857 bits per heavy atom. The number of hydrogen-bond donors (Lipinski definition) is 1. The summed E-state index contributed by atoms with van der Waals surface area (Å²) in [5.41, 5.74) is 1.43. The Balaban J connectivity index is 2.12. The molecule has 2 amide bonds. The van der Waals surface area contributed by atoms with Crippen molar-refractivity contribution < 1.29 is 18.0 Å². The number of halogens is 4. The molecule has 0 bridgehead atoms. The summed E-state index contributed by atoms with van der Waals surface area (Å²) in [6, 6.07) is 14.4. The Morgan fingerprint density at radius 2 is 1.48 bits per heavy atom. The van der Waals surface area contributed by atoms with Gasteiger partial charge in [0.15, 0.2) is 0 Å². The Morgan fingerprint density at radius 3 is 2.02 bits per heavy atom. The van der Waals surface area contributed by atoms with E-state index >= 15 is 0 Å². The average molecular weight is 673 g/mol. The van der Waals surface area contributed by atoms with Gasteiger partial charge in [0.25, 0.3) is 10.0 Å². The minimum Gasteiger partial charge on any atom is -0.352 e. The van der Waals surface area contributed by atoms with E-state index in [1.165, 1.54) is 35.2 Å². The van der Waals surface area contributed by atoms with Gasteiger partial charge in [0.05, 0.1) is 20.6 Å². The first-order chi connectivity index (χ1) is 19.8. The first-order valence-electron chi connectivity index (χ1n) is 13.4. The molecule has 0 aliphatic carbocycles. The summed E-state index contributed by atoms with van der Waals surface area (Å²) in [5.74, 6) is -1.01. The minimum absolute atomic E-state index is 0.0192. The maximum absolute atomic E-state index is 14.2. The molecule has 3 aromatic rings. The van der Waals surface area contributed by atoms with Gasteiger partial charge in [-0.05, 0) is 69.2 Å². The van der Waals surface area contributed by atoms with Crippen molar-refractivity contribution >= 4 is 73.9 Å². The third-order valence-electron chi connectivity index (χ3n) is 6.86. The Bertz CT molecular complexity index is 1510. The van der Waals surface area contributed by atoms with Crippen LogP contribution in [0.4, 0.5) is 5.69 Å². The number of nitrogens with one attached hydrogen (secondary N) is 1. The maximum Gasteiger partial charge on any atom is 0.264 e. The molecule has 12 heteroatoms. The SMILES string of the molecule is CC[C@H](C(=O)N[C@@H](C)CC)N(Cc1c(Cl)cccc1Cl)C(=O)CN(c1ccc(Cl)c(Cl)c1)S(=O)(=O)c1ccc(C)cc1. The minimum atomic E-state index is -4.26.